The summed E-state index contributed by atoms with van der Waals surface area (Å²) >= 11 is 0. The lowest BCUT2D eigenvalue weighted by Gasteiger charge is -2.06. The average Bonchev–Trinajstić information content (AvgIpc) is 2.59. The van der Waals surface area contributed by atoms with Crippen LogP contribution in [0.5, 0.6) is 5.75 Å². The maximum atomic E-state index is 5.96. The summed E-state index contributed by atoms with van der Waals surface area (Å²) in [4.78, 5) is 0. The fourth-order valence-corrected chi connectivity index (χ4v) is 2.11. The standard InChI is InChI=1S/C13H17NOSi/c1-16(2,3)7-5-10-8-11-4-6-15-13(11)9-12(10)14/h8-9H,4,6,14H2,1-3H3. The van der Waals surface area contributed by atoms with E-state index >= 15 is 0 Å². The lowest BCUT2D eigenvalue weighted by Crippen LogP contribution is -2.16. The molecule has 1 aliphatic heterocycles. The Morgan fingerprint density at radius 1 is 1.31 bits per heavy atom. The molecule has 0 saturated carbocycles. The molecule has 0 saturated heterocycles. The lowest BCUT2D eigenvalue weighted by molar-refractivity contribution is 0.357. The predicted octanol–water partition coefficient (Wildman–Crippen LogP) is 2.43. The molecule has 0 fully saturated rings. The lowest BCUT2D eigenvalue weighted by atomic mass is 10.1. The van der Waals surface area contributed by atoms with Gasteiger partial charge in [0.2, 0.25) is 0 Å². The SMILES string of the molecule is C[Si](C)(C)C#Cc1cc2c(cc1N)OCC2. The summed E-state index contributed by atoms with van der Waals surface area (Å²) in [5.74, 6) is 4.14. The molecular weight excluding hydrogens is 214 g/mol. The molecule has 0 spiro atoms. The van der Waals surface area contributed by atoms with Gasteiger partial charge in [-0.2, -0.15) is 0 Å². The zero-order valence-corrected chi connectivity index (χ0v) is 11.1. The molecule has 1 aromatic rings. The number of fused-ring (bicyclic) bond motifs is 1. The van der Waals surface area contributed by atoms with E-state index in [1.807, 2.05) is 6.07 Å². The Morgan fingerprint density at radius 2 is 2.06 bits per heavy atom. The number of nitrogen functional groups attached to an aromatic ring is 1. The van der Waals surface area contributed by atoms with Crippen molar-refractivity contribution in [3.63, 3.8) is 0 Å². The van der Waals surface area contributed by atoms with Crippen LogP contribution in [0.15, 0.2) is 12.1 Å². The Kier molecular flexibility index (Phi) is 2.69. The number of nitrogens with two attached hydrogens (primary N) is 1. The van der Waals surface area contributed by atoms with Crippen molar-refractivity contribution in [3.05, 3.63) is 23.3 Å². The molecule has 16 heavy (non-hydrogen) atoms. The molecular formula is C13H17NOSi. The van der Waals surface area contributed by atoms with Crippen molar-refractivity contribution < 1.29 is 4.74 Å². The monoisotopic (exact) mass is 231 g/mol. The van der Waals surface area contributed by atoms with Gasteiger partial charge in [-0.15, -0.1) is 5.54 Å². The normalized spacial score (nSPS) is 13.7. The molecule has 1 aromatic carbocycles. The minimum atomic E-state index is -1.34. The fraction of sp³-hybridized carbons (Fsp3) is 0.385. The predicted molar refractivity (Wildman–Crippen MR) is 70.3 cm³/mol. The van der Waals surface area contributed by atoms with Gasteiger partial charge in [0.15, 0.2) is 0 Å². The van der Waals surface area contributed by atoms with Crippen LogP contribution < -0.4 is 10.5 Å². The van der Waals surface area contributed by atoms with Gasteiger partial charge in [-0.1, -0.05) is 25.6 Å². The van der Waals surface area contributed by atoms with E-state index in [1.54, 1.807) is 0 Å². The zero-order chi connectivity index (χ0) is 11.8. The molecule has 0 aliphatic carbocycles. The van der Waals surface area contributed by atoms with Crippen LogP contribution in [0.2, 0.25) is 19.6 Å². The molecule has 2 rings (SSSR count). The molecule has 0 radical (unpaired) electrons. The molecule has 1 aliphatic rings. The van der Waals surface area contributed by atoms with Crippen LogP contribution in [0.3, 0.4) is 0 Å². The number of benzene rings is 1. The largest absolute Gasteiger partial charge is 0.493 e. The first-order valence-electron chi connectivity index (χ1n) is 5.54. The van der Waals surface area contributed by atoms with Crippen molar-refractivity contribution in [3.8, 4) is 17.2 Å². The molecule has 2 nitrogen and oxygen atoms in total. The number of rotatable bonds is 0. The van der Waals surface area contributed by atoms with E-state index in [-0.39, 0.29) is 0 Å². The van der Waals surface area contributed by atoms with Crippen LogP contribution in [0.1, 0.15) is 11.1 Å². The highest BCUT2D eigenvalue weighted by molar-refractivity contribution is 6.83. The second-order valence-electron chi connectivity index (χ2n) is 5.15. The topological polar surface area (TPSA) is 35.2 Å². The summed E-state index contributed by atoms with van der Waals surface area (Å²) in [5.41, 5.74) is 12.2. The quantitative estimate of drug-likeness (QED) is 0.423. The van der Waals surface area contributed by atoms with Crippen LogP contribution in [-0.4, -0.2) is 14.7 Å². The van der Waals surface area contributed by atoms with E-state index < -0.39 is 8.07 Å². The van der Waals surface area contributed by atoms with Gasteiger partial charge in [-0.25, -0.2) is 0 Å². The van der Waals surface area contributed by atoms with E-state index in [2.05, 4.69) is 37.2 Å². The third-order valence-electron chi connectivity index (χ3n) is 2.43. The molecule has 84 valence electrons. The van der Waals surface area contributed by atoms with E-state index in [9.17, 15) is 0 Å². The molecule has 1 heterocycles. The van der Waals surface area contributed by atoms with Crippen LogP contribution >= 0.6 is 0 Å². The fourth-order valence-electron chi connectivity index (χ4n) is 1.60. The van der Waals surface area contributed by atoms with E-state index in [0.717, 1.165) is 30.0 Å². The summed E-state index contributed by atoms with van der Waals surface area (Å²) in [6.07, 6.45) is 0.969. The second kappa shape index (κ2) is 3.87. The molecule has 3 heteroatoms. The van der Waals surface area contributed by atoms with Gasteiger partial charge in [0.05, 0.1) is 12.3 Å². The summed E-state index contributed by atoms with van der Waals surface area (Å²) in [6, 6.07) is 3.97. The first-order chi connectivity index (χ1) is 7.46. The third-order valence-corrected chi connectivity index (χ3v) is 3.31. The molecule has 0 amide bonds. The summed E-state index contributed by atoms with van der Waals surface area (Å²) in [5, 5.41) is 0. The highest BCUT2D eigenvalue weighted by Gasteiger charge is 2.14. The highest BCUT2D eigenvalue weighted by Crippen LogP contribution is 2.29. The van der Waals surface area contributed by atoms with E-state index in [1.165, 1.54) is 5.56 Å². The van der Waals surface area contributed by atoms with Crippen molar-refractivity contribution in [2.24, 2.45) is 0 Å². The third kappa shape index (κ3) is 2.39. The minimum Gasteiger partial charge on any atom is -0.493 e. The highest BCUT2D eigenvalue weighted by atomic mass is 28.3. The van der Waals surface area contributed by atoms with Gasteiger partial charge < -0.3 is 10.5 Å². The first kappa shape index (κ1) is 11.1. The van der Waals surface area contributed by atoms with Crippen LogP contribution in [-0.2, 0) is 6.42 Å². The summed E-state index contributed by atoms with van der Waals surface area (Å²) in [6.45, 7) is 7.45. The van der Waals surface area contributed by atoms with Gasteiger partial charge in [-0.3, -0.25) is 0 Å². The smallest absolute Gasteiger partial charge is 0.129 e. The van der Waals surface area contributed by atoms with Crippen molar-refractivity contribution in [2.75, 3.05) is 12.3 Å². The Morgan fingerprint density at radius 3 is 2.75 bits per heavy atom. The maximum absolute atomic E-state index is 5.96. The molecule has 0 unspecified atom stereocenters. The van der Waals surface area contributed by atoms with Crippen LogP contribution in [0.4, 0.5) is 5.69 Å². The van der Waals surface area contributed by atoms with Gasteiger partial charge >= 0.3 is 0 Å². The van der Waals surface area contributed by atoms with E-state index in [4.69, 9.17) is 10.5 Å². The van der Waals surface area contributed by atoms with Crippen molar-refractivity contribution in [1.82, 2.24) is 0 Å². The Balaban J connectivity index is 2.38. The number of anilines is 1. The Bertz CT molecular complexity index is 477. The maximum Gasteiger partial charge on any atom is 0.129 e. The van der Waals surface area contributed by atoms with Gasteiger partial charge in [0.25, 0.3) is 0 Å². The Labute approximate surface area is 97.8 Å². The average molecular weight is 231 g/mol. The number of ether oxygens (including phenoxy) is 1. The molecule has 2 N–H and O–H groups in total. The zero-order valence-electron chi connectivity index (χ0n) is 10.1. The Hall–Kier alpha value is -1.40. The molecule has 0 atom stereocenters. The van der Waals surface area contributed by atoms with Crippen molar-refractivity contribution >= 4 is 13.8 Å². The van der Waals surface area contributed by atoms with Crippen molar-refractivity contribution in [1.29, 1.82) is 0 Å². The second-order valence-corrected chi connectivity index (χ2v) is 9.90. The number of hydrogen-bond acceptors (Lipinski definition) is 2. The number of hydrogen-bond donors (Lipinski definition) is 1. The first-order valence-corrected chi connectivity index (χ1v) is 9.04. The van der Waals surface area contributed by atoms with Crippen molar-refractivity contribution in [2.45, 2.75) is 26.1 Å². The van der Waals surface area contributed by atoms with Gasteiger partial charge in [0.1, 0.15) is 13.8 Å². The summed E-state index contributed by atoms with van der Waals surface area (Å²) < 4.78 is 5.46. The summed E-state index contributed by atoms with van der Waals surface area (Å²) in [7, 11) is -1.34. The van der Waals surface area contributed by atoms with Crippen LogP contribution in [0.25, 0.3) is 0 Å². The molecule has 0 aromatic heterocycles. The van der Waals surface area contributed by atoms with Crippen LogP contribution in [0, 0.1) is 11.5 Å². The minimum absolute atomic E-state index is 0.728. The van der Waals surface area contributed by atoms with Gasteiger partial charge in [-0.05, 0) is 11.6 Å². The van der Waals surface area contributed by atoms with E-state index in [0.29, 0.717) is 0 Å². The van der Waals surface area contributed by atoms with Gasteiger partial charge in [0, 0.05) is 18.1 Å². The molecule has 0 bridgehead atoms.